The first kappa shape index (κ1) is 16.2. The Morgan fingerprint density at radius 2 is 1.90 bits per heavy atom. The summed E-state index contributed by atoms with van der Waals surface area (Å²) in [5, 5.41) is 12.1. The molecule has 3 unspecified atom stereocenters. The van der Waals surface area contributed by atoms with E-state index < -0.39 is 5.97 Å². The molecule has 2 fully saturated rings. The van der Waals surface area contributed by atoms with Crippen LogP contribution in [0.4, 0.5) is 0 Å². The van der Waals surface area contributed by atoms with Crippen molar-refractivity contribution in [1.29, 1.82) is 0 Å². The summed E-state index contributed by atoms with van der Waals surface area (Å²) in [5.74, 6) is -1.21. The molecule has 2 rings (SSSR count). The van der Waals surface area contributed by atoms with Crippen LogP contribution in [0.2, 0.25) is 0 Å². The molecule has 6 nitrogen and oxygen atoms in total. The number of carbonyl (C=O) groups excluding carboxylic acids is 1. The Labute approximate surface area is 126 Å². The fourth-order valence-corrected chi connectivity index (χ4v) is 3.34. The molecule has 3 atom stereocenters. The maximum absolute atomic E-state index is 12.3. The van der Waals surface area contributed by atoms with Crippen LogP contribution in [0.25, 0.3) is 0 Å². The Kier molecular flexibility index (Phi) is 5.58. The minimum absolute atomic E-state index is 0.0302. The van der Waals surface area contributed by atoms with Gasteiger partial charge in [0.15, 0.2) is 0 Å². The normalized spacial score (nSPS) is 31.8. The molecule has 120 valence electrons. The van der Waals surface area contributed by atoms with Gasteiger partial charge in [-0.3, -0.25) is 14.5 Å². The molecule has 0 radical (unpaired) electrons. The molecule has 21 heavy (non-hydrogen) atoms. The number of aliphatic carboxylic acids is 1. The van der Waals surface area contributed by atoms with Crippen molar-refractivity contribution in [3.63, 3.8) is 0 Å². The average molecular weight is 297 g/mol. The van der Waals surface area contributed by atoms with Crippen molar-refractivity contribution in [3.05, 3.63) is 0 Å². The number of nitrogens with zero attached hydrogens (tertiary/aromatic N) is 2. The van der Waals surface area contributed by atoms with E-state index in [-0.39, 0.29) is 17.7 Å². The summed E-state index contributed by atoms with van der Waals surface area (Å²) in [4.78, 5) is 27.9. The van der Waals surface area contributed by atoms with Crippen LogP contribution in [0.1, 0.15) is 25.7 Å². The third-order valence-corrected chi connectivity index (χ3v) is 4.89. The van der Waals surface area contributed by atoms with Gasteiger partial charge in [0.1, 0.15) is 0 Å². The van der Waals surface area contributed by atoms with Gasteiger partial charge in [-0.25, -0.2) is 0 Å². The van der Waals surface area contributed by atoms with Gasteiger partial charge in [-0.15, -0.1) is 0 Å². The number of hydrogen-bond donors (Lipinski definition) is 2. The Balaban J connectivity index is 1.79. The maximum Gasteiger partial charge on any atom is 0.306 e. The summed E-state index contributed by atoms with van der Waals surface area (Å²) < 4.78 is 0. The fourth-order valence-electron chi connectivity index (χ4n) is 3.34. The van der Waals surface area contributed by atoms with E-state index in [0.717, 1.165) is 32.5 Å². The largest absolute Gasteiger partial charge is 0.481 e. The first-order valence-corrected chi connectivity index (χ1v) is 7.86. The van der Waals surface area contributed by atoms with E-state index in [0.29, 0.717) is 25.4 Å². The number of hydrogen-bond acceptors (Lipinski definition) is 4. The number of nitrogens with one attached hydrogen (secondary N) is 1. The smallest absolute Gasteiger partial charge is 0.306 e. The minimum Gasteiger partial charge on any atom is -0.481 e. The van der Waals surface area contributed by atoms with E-state index >= 15 is 0 Å². The molecule has 0 aromatic rings. The maximum atomic E-state index is 12.3. The van der Waals surface area contributed by atoms with Crippen molar-refractivity contribution >= 4 is 11.9 Å². The second-order valence-corrected chi connectivity index (χ2v) is 6.54. The predicted molar refractivity (Wildman–Crippen MR) is 80.0 cm³/mol. The van der Waals surface area contributed by atoms with Gasteiger partial charge in [0.2, 0.25) is 5.91 Å². The number of rotatable bonds is 4. The molecule has 1 amide bonds. The molecule has 1 aliphatic carbocycles. The molecule has 1 aliphatic heterocycles. The zero-order valence-electron chi connectivity index (χ0n) is 13.0. The summed E-state index contributed by atoms with van der Waals surface area (Å²) in [6.07, 6.45) is 2.84. The summed E-state index contributed by atoms with van der Waals surface area (Å²) in [5.41, 5.74) is 0. The molecule has 6 heteroatoms. The van der Waals surface area contributed by atoms with Crippen LogP contribution < -0.4 is 5.32 Å². The number of carboxylic acids is 1. The van der Waals surface area contributed by atoms with Crippen molar-refractivity contribution in [2.75, 3.05) is 40.3 Å². The third-order valence-electron chi connectivity index (χ3n) is 4.89. The Hall–Kier alpha value is -1.14. The van der Waals surface area contributed by atoms with E-state index in [1.165, 1.54) is 0 Å². The van der Waals surface area contributed by atoms with E-state index in [1.54, 1.807) is 0 Å². The Morgan fingerprint density at radius 1 is 1.19 bits per heavy atom. The van der Waals surface area contributed by atoms with E-state index in [9.17, 15) is 9.59 Å². The molecule has 1 heterocycles. The van der Waals surface area contributed by atoms with Crippen LogP contribution in [-0.2, 0) is 9.59 Å². The van der Waals surface area contributed by atoms with Crippen molar-refractivity contribution in [1.82, 2.24) is 15.1 Å². The van der Waals surface area contributed by atoms with Gasteiger partial charge in [-0.2, -0.15) is 0 Å². The van der Waals surface area contributed by atoms with Gasteiger partial charge in [0.25, 0.3) is 0 Å². The standard InChI is InChI=1S/C15H27N3O3/c1-17-6-7-18(2)13(10-17)9-16-14(19)11-4-3-5-12(8-11)15(20)21/h11-13H,3-10H2,1-2H3,(H,16,19)(H,20,21). The average Bonchev–Trinajstić information content (AvgIpc) is 2.48. The number of amides is 1. The lowest BCUT2D eigenvalue weighted by Crippen LogP contribution is -2.54. The SMILES string of the molecule is CN1CCN(C)C(CNC(=O)C2CCCC(C(=O)O)C2)C1. The highest BCUT2D eigenvalue weighted by molar-refractivity contribution is 5.80. The number of carbonyl (C=O) groups is 2. The number of piperazine rings is 1. The number of likely N-dealkylation sites (N-methyl/N-ethyl adjacent to an activating group) is 2. The summed E-state index contributed by atoms with van der Waals surface area (Å²) in [6, 6.07) is 0.339. The Morgan fingerprint density at radius 3 is 2.62 bits per heavy atom. The lowest BCUT2D eigenvalue weighted by Gasteiger charge is -2.38. The van der Waals surface area contributed by atoms with Gasteiger partial charge in [-0.1, -0.05) is 6.42 Å². The molecule has 1 saturated heterocycles. The summed E-state index contributed by atoms with van der Waals surface area (Å²) in [7, 11) is 4.19. The first-order valence-electron chi connectivity index (χ1n) is 7.86. The van der Waals surface area contributed by atoms with E-state index in [4.69, 9.17) is 5.11 Å². The minimum atomic E-state index is -0.763. The molecule has 1 saturated carbocycles. The first-order chi connectivity index (χ1) is 9.97. The zero-order valence-corrected chi connectivity index (χ0v) is 13.0. The lowest BCUT2D eigenvalue weighted by molar-refractivity contribution is -0.144. The van der Waals surface area contributed by atoms with Crippen molar-refractivity contribution in [2.24, 2.45) is 11.8 Å². The van der Waals surface area contributed by atoms with Crippen LogP contribution in [0, 0.1) is 11.8 Å². The van der Waals surface area contributed by atoms with Crippen molar-refractivity contribution < 1.29 is 14.7 Å². The van der Waals surface area contributed by atoms with Crippen LogP contribution >= 0.6 is 0 Å². The molecule has 2 N–H and O–H groups in total. The predicted octanol–water partition coefficient (Wildman–Crippen LogP) is 0.239. The van der Waals surface area contributed by atoms with Gasteiger partial charge in [-0.05, 0) is 33.4 Å². The molecule has 2 aliphatic rings. The molecule has 0 aromatic heterocycles. The van der Waals surface area contributed by atoms with Gasteiger partial charge in [0, 0.05) is 38.1 Å². The highest BCUT2D eigenvalue weighted by Crippen LogP contribution is 2.29. The molecular formula is C15H27N3O3. The highest BCUT2D eigenvalue weighted by atomic mass is 16.4. The highest BCUT2D eigenvalue weighted by Gasteiger charge is 2.31. The monoisotopic (exact) mass is 297 g/mol. The van der Waals surface area contributed by atoms with Crippen molar-refractivity contribution in [3.8, 4) is 0 Å². The van der Waals surface area contributed by atoms with E-state index in [2.05, 4.69) is 29.2 Å². The quantitative estimate of drug-likeness (QED) is 0.778. The third kappa shape index (κ3) is 4.41. The molecule has 0 aromatic carbocycles. The number of carboxylic acid groups (broad SMARTS) is 1. The lowest BCUT2D eigenvalue weighted by atomic mass is 9.81. The van der Waals surface area contributed by atoms with Gasteiger partial charge in [0.05, 0.1) is 5.92 Å². The van der Waals surface area contributed by atoms with Gasteiger partial charge >= 0.3 is 5.97 Å². The molecular weight excluding hydrogens is 270 g/mol. The van der Waals surface area contributed by atoms with Crippen LogP contribution in [0.5, 0.6) is 0 Å². The van der Waals surface area contributed by atoms with E-state index in [1.807, 2.05) is 0 Å². The summed E-state index contributed by atoms with van der Waals surface area (Å²) >= 11 is 0. The van der Waals surface area contributed by atoms with Crippen LogP contribution in [0.15, 0.2) is 0 Å². The molecule has 0 bridgehead atoms. The summed E-state index contributed by atoms with van der Waals surface area (Å²) in [6.45, 7) is 3.68. The van der Waals surface area contributed by atoms with Crippen LogP contribution in [-0.4, -0.2) is 73.1 Å². The van der Waals surface area contributed by atoms with Crippen molar-refractivity contribution in [2.45, 2.75) is 31.7 Å². The van der Waals surface area contributed by atoms with Gasteiger partial charge < -0.3 is 15.3 Å². The van der Waals surface area contributed by atoms with Crippen LogP contribution in [0.3, 0.4) is 0 Å². The molecule has 0 spiro atoms. The fraction of sp³-hybridized carbons (Fsp3) is 0.867. The second-order valence-electron chi connectivity index (χ2n) is 6.54. The Bertz CT molecular complexity index is 388. The zero-order chi connectivity index (χ0) is 15.4. The second kappa shape index (κ2) is 7.22. The topological polar surface area (TPSA) is 72.9 Å².